The summed E-state index contributed by atoms with van der Waals surface area (Å²) in [4.78, 5) is 16.0. The monoisotopic (exact) mass is 386 g/mol. The Labute approximate surface area is 150 Å². The summed E-state index contributed by atoms with van der Waals surface area (Å²) in [6, 6.07) is 6.26. The highest BCUT2D eigenvalue weighted by atomic mass is 35.5. The van der Waals surface area contributed by atoms with Crippen molar-refractivity contribution in [2.24, 2.45) is 0 Å². The number of carbonyl (C=O) groups is 1. The molecule has 0 saturated carbocycles. The van der Waals surface area contributed by atoms with Gasteiger partial charge in [0.05, 0.1) is 6.54 Å². The van der Waals surface area contributed by atoms with E-state index < -0.39 is 12.5 Å². The summed E-state index contributed by atoms with van der Waals surface area (Å²) in [5.41, 5.74) is 0.338. The van der Waals surface area contributed by atoms with Gasteiger partial charge in [-0.2, -0.15) is 18.6 Å². The minimum Gasteiger partial charge on any atom is -0.288 e. The fourth-order valence-electron chi connectivity index (χ4n) is 2.09. The largest absolute Gasteiger partial charge is 0.333 e. The predicted octanol–water partition coefficient (Wildman–Crippen LogP) is 3.48. The summed E-state index contributed by atoms with van der Waals surface area (Å²) in [5, 5.41) is 10.7. The van der Waals surface area contributed by atoms with Crippen LogP contribution in [-0.2, 0) is 6.54 Å². The van der Waals surface area contributed by atoms with Crippen LogP contribution >= 0.6 is 23.2 Å². The summed E-state index contributed by atoms with van der Waals surface area (Å²) >= 11 is 12.2. The number of rotatable bonds is 5. The number of amides is 1. The smallest absolute Gasteiger partial charge is 0.288 e. The van der Waals surface area contributed by atoms with Crippen molar-refractivity contribution in [3.05, 3.63) is 58.1 Å². The highest BCUT2D eigenvalue weighted by Crippen LogP contribution is 2.25. The number of aromatic nitrogens is 5. The predicted molar refractivity (Wildman–Crippen MR) is 87.0 cm³/mol. The molecule has 0 radical (unpaired) electrons. The van der Waals surface area contributed by atoms with Crippen LogP contribution < -0.4 is 5.32 Å². The maximum atomic E-state index is 12.7. The molecule has 1 aromatic carbocycles. The normalized spacial score (nSPS) is 11.1. The van der Waals surface area contributed by atoms with Gasteiger partial charge in [0.2, 0.25) is 5.95 Å². The average Bonchev–Trinajstić information content (AvgIpc) is 3.20. The molecule has 2 heterocycles. The van der Waals surface area contributed by atoms with E-state index in [1.165, 1.54) is 17.1 Å². The number of halogens is 4. The summed E-state index contributed by atoms with van der Waals surface area (Å²) in [5.74, 6) is -0.846. The van der Waals surface area contributed by atoms with Crippen LogP contribution in [-0.4, -0.2) is 30.5 Å². The lowest BCUT2D eigenvalue weighted by Gasteiger charge is -2.06. The van der Waals surface area contributed by atoms with E-state index in [1.54, 1.807) is 18.2 Å². The van der Waals surface area contributed by atoms with Gasteiger partial charge < -0.3 is 0 Å². The molecule has 0 spiro atoms. The van der Waals surface area contributed by atoms with Gasteiger partial charge in [0.25, 0.3) is 5.91 Å². The molecule has 0 saturated heterocycles. The van der Waals surface area contributed by atoms with E-state index in [-0.39, 0.29) is 18.2 Å². The van der Waals surface area contributed by atoms with Gasteiger partial charge in [-0.1, -0.05) is 29.3 Å². The molecule has 1 N–H and O–H groups in total. The van der Waals surface area contributed by atoms with Crippen LogP contribution in [0.3, 0.4) is 0 Å². The fraction of sp³-hybridized carbons (Fsp3) is 0.143. The Morgan fingerprint density at radius 2 is 1.96 bits per heavy atom. The van der Waals surface area contributed by atoms with Crippen LogP contribution in [0, 0.1) is 0 Å². The van der Waals surface area contributed by atoms with E-state index in [1.807, 2.05) is 0 Å². The molecule has 130 valence electrons. The zero-order valence-corrected chi connectivity index (χ0v) is 13.9. The first-order valence-electron chi connectivity index (χ1n) is 6.91. The Morgan fingerprint density at radius 3 is 2.64 bits per heavy atom. The molecule has 0 fully saturated rings. The van der Waals surface area contributed by atoms with Gasteiger partial charge in [0.1, 0.15) is 12.0 Å². The highest BCUT2D eigenvalue weighted by molar-refractivity contribution is 6.35. The minimum absolute atomic E-state index is 0.0461. The average molecular weight is 387 g/mol. The Balaban J connectivity index is 1.74. The fourth-order valence-corrected chi connectivity index (χ4v) is 2.61. The van der Waals surface area contributed by atoms with Crippen molar-refractivity contribution in [1.29, 1.82) is 0 Å². The molecule has 0 atom stereocenters. The van der Waals surface area contributed by atoms with E-state index >= 15 is 0 Å². The molecule has 11 heteroatoms. The maximum Gasteiger partial charge on any atom is 0.333 e. The number of benzene rings is 1. The minimum atomic E-state index is -2.93. The molecule has 1 amide bonds. The van der Waals surface area contributed by atoms with Gasteiger partial charge in [0.15, 0.2) is 0 Å². The summed E-state index contributed by atoms with van der Waals surface area (Å²) in [6.07, 6.45) is 2.46. The van der Waals surface area contributed by atoms with Crippen molar-refractivity contribution in [2.45, 2.75) is 13.1 Å². The first-order valence-corrected chi connectivity index (χ1v) is 7.66. The Hall–Kier alpha value is -2.52. The third kappa shape index (κ3) is 3.77. The Morgan fingerprint density at radius 1 is 1.24 bits per heavy atom. The number of alkyl halides is 2. The van der Waals surface area contributed by atoms with Gasteiger partial charge in [-0.25, -0.2) is 9.67 Å². The lowest BCUT2D eigenvalue weighted by molar-refractivity contribution is 0.0520. The zero-order valence-electron chi connectivity index (χ0n) is 12.4. The molecular formula is C14H10Cl2F2N6O. The van der Waals surface area contributed by atoms with Gasteiger partial charge in [0, 0.05) is 21.8 Å². The summed E-state index contributed by atoms with van der Waals surface area (Å²) in [7, 11) is 0. The third-order valence-electron chi connectivity index (χ3n) is 3.23. The molecule has 2 aromatic heterocycles. The number of nitrogens with one attached hydrogen (secondary N) is 1. The van der Waals surface area contributed by atoms with Crippen LogP contribution in [0.25, 0.3) is 0 Å². The van der Waals surface area contributed by atoms with Crippen molar-refractivity contribution in [2.75, 3.05) is 5.32 Å². The lowest BCUT2D eigenvalue weighted by Crippen LogP contribution is -2.19. The molecule has 0 bridgehead atoms. The molecule has 3 rings (SSSR count). The molecule has 3 aromatic rings. The Bertz CT molecular complexity index is 890. The standard InChI is InChI=1S/C14H10Cl2F2N6O/c15-9-2-1-3-10(16)8(9)6-23-7-19-14(22-23)21-12(25)11-4-5-20-24(11)13(17)18/h1-5,7,13H,6H2,(H,21,22,25). The first-order chi connectivity index (χ1) is 12.0. The van der Waals surface area contributed by atoms with Crippen molar-refractivity contribution in [1.82, 2.24) is 24.5 Å². The number of carbonyl (C=O) groups excluding carboxylic acids is 1. The molecule has 25 heavy (non-hydrogen) atoms. The zero-order chi connectivity index (χ0) is 18.0. The number of anilines is 1. The number of nitrogens with zero attached hydrogens (tertiary/aromatic N) is 5. The molecule has 0 unspecified atom stereocenters. The third-order valence-corrected chi connectivity index (χ3v) is 3.94. The van der Waals surface area contributed by atoms with Gasteiger partial charge in [-0.15, -0.1) is 5.10 Å². The molecule has 0 aliphatic rings. The van der Waals surface area contributed by atoms with Gasteiger partial charge >= 0.3 is 6.55 Å². The van der Waals surface area contributed by atoms with Crippen LogP contribution in [0.5, 0.6) is 0 Å². The van der Waals surface area contributed by atoms with Crippen LogP contribution in [0.4, 0.5) is 14.7 Å². The van der Waals surface area contributed by atoms with E-state index in [4.69, 9.17) is 23.2 Å². The first kappa shape index (κ1) is 17.3. The van der Waals surface area contributed by atoms with Crippen molar-refractivity contribution >= 4 is 35.1 Å². The van der Waals surface area contributed by atoms with E-state index in [9.17, 15) is 13.6 Å². The van der Waals surface area contributed by atoms with Crippen LogP contribution in [0.2, 0.25) is 10.0 Å². The molecule has 0 aliphatic heterocycles. The topological polar surface area (TPSA) is 77.6 Å². The van der Waals surface area contributed by atoms with Crippen LogP contribution in [0.1, 0.15) is 22.6 Å². The van der Waals surface area contributed by atoms with Crippen molar-refractivity contribution in [3.63, 3.8) is 0 Å². The number of hydrogen-bond donors (Lipinski definition) is 1. The Kier molecular flexibility index (Phi) is 4.95. The van der Waals surface area contributed by atoms with E-state index in [0.717, 1.165) is 6.20 Å². The van der Waals surface area contributed by atoms with E-state index in [2.05, 4.69) is 20.5 Å². The van der Waals surface area contributed by atoms with Gasteiger partial charge in [-0.05, 0) is 18.2 Å². The van der Waals surface area contributed by atoms with Crippen molar-refractivity contribution < 1.29 is 13.6 Å². The second kappa shape index (κ2) is 7.16. The molecule has 7 nitrogen and oxygen atoms in total. The maximum absolute atomic E-state index is 12.7. The second-order valence-corrected chi connectivity index (χ2v) is 5.67. The SMILES string of the molecule is O=C(Nc1ncn(Cc2c(Cl)cccc2Cl)n1)c1ccnn1C(F)F. The second-order valence-electron chi connectivity index (χ2n) is 4.86. The highest BCUT2D eigenvalue weighted by Gasteiger charge is 2.19. The lowest BCUT2D eigenvalue weighted by atomic mass is 10.2. The quantitative estimate of drug-likeness (QED) is 0.727. The number of hydrogen-bond acceptors (Lipinski definition) is 4. The molecule has 0 aliphatic carbocycles. The van der Waals surface area contributed by atoms with Gasteiger partial charge in [-0.3, -0.25) is 10.1 Å². The summed E-state index contributed by atoms with van der Waals surface area (Å²) < 4.78 is 27.2. The van der Waals surface area contributed by atoms with Crippen molar-refractivity contribution in [3.8, 4) is 0 Å². The molecular weight excluding hydrogens is 377 g/mol. The van der Waals surface area contributed by atoms with E-state index in [0.29, 0.717) is 20.3 Å². The summed E-state index contributed by atoms with van der Waals surface area (Å²) in [6.45, 7) is -2.69. The van der Waals surface area contributed by atoms with Crippen LogP contribution in [0.15, 0.2) is 36.8 Å².